The minimum absolute atomic E-state index is 0.0644. The van der Waals surface area contributed by atoms with Gasteiger partial charge in [-0.25, -0.2) is 9.59 Å². The maximum Gasteiger partial charge on any atom is 0.333 e. The van der Waals surface area contributed by atoms with Crippen LogP contribution in [0.2, 0.25) is 0 Å². The quantitative estimate of drug-likeness (QED) is 0.345. The van der Waals surface area contributed by atoms with E-state index < -0.39 is 5.97 Å². The van der Waals surface area contributed by atoms with Crippen LogP contribution in [0.15, 0.2) is 23.3 Å². The number of allylic oxidation sites excluding steroid dienone is 1. The number of carboxylic acids is 1. The minimum atomic E-state index is -0.935. The van der Waals surface area contributed by atoms with Gasteiger partial charge in [0.2, 0.25) is 0 Å². The zero-order valence-corrected chi connectivity index (χ0v) is 20.3. The zero-order valence-electron chi connectivity index (χ0n) is 20.3. The van der Waals surface area contributed by atoms with Gasteiger partial charge in [0.1, 0.15) is 0 Å². The second-order valence-corrected chi connectivity index (χ2v) is 9.72. The molecule has 4 heteroatoms. The van der Waals surface area contributed by atoms with Gasteiger partial charge in [0, 0.05) is 11.1 Å². The molecule has 0 unspecified atom stereocenters. The lowest BCUT2D eigenvalue weighted by atomic mass is 9.86. The Hall–Kier alpha value is -1.58. The van der Waals surface area contributed by atoms with E-state index in [1.807, 2.05) is 6.92 Å². The Morgan fingerprint density at radius 1 is 0.774 bits per heavy atom. The summed E-state index contributed by atoms with van der Waals surface area (Å²) in [6.07, 6.45) is 19.8. The molecule has 2 fully saturated rings. The van der Waals surface area contributed by atoms with Crippen molar-refractivity contribution in [3.05, 3.63) is 23.3 Å². The molecule has 2 rings (SSSR count). The van der Waals surface area contributed by atoms with Gasteiger partial charge in [-0.2, -0.15) is 0 Å². The van der Waals surface area contributed by atoms with Crippen molar-refractivity contribution in [2.75, 3.05) is 6.61 Å². The van der Waals surface area contributed by atoms with Crippen LogP contribution in [-0.2, 0) is 14.3 Å². The molecule has 0 bridgehead atoms. The zero-order chi connectivity index (χ0) is 23.1. The molecule has 31 heavy (non-hydrogen) atoms. The van der Waals surface area contributed by atoms with Gasteiger partial charge in [0.15, 0.2) is 0 Å². The fourth-order valence-electron chi connectivity index (χ4n) is 4.51. The number of aliphatic carboxylic acids is 1. The van der Waals surface area contributed by atoms with Crippen molar-refractivity contribution < 1.29 is 19.4 Å². The maximum absolute atomic E-state index is 12.5. The Morgan fingerprint density at radius 2 is 1.16 bits per heavy atom. The van der Waals surface area contributed by atoms with Crippen LogP contribution in [0, 0.1) is 11.8 Å². The lowest BCUT2D eigenvalue weighted by Gasteiger charge is -2.21. The second-order valence-electron chi connectivity index (χ2n) is 9.72. The van der Waals surface area contributed by atoms with Gasteiger partial charge >= 0.3 is 11.9 Å². The van der Waals surface area contributed by atoms with Crippen molar-refractivity contribution >= 4 is 11.9 Å². The molecular weight excluding hydrogens is 388 g/mol. The van der Waals surface area contributed by atoms with Crippen LogP contribution in [0.1, 0.15) is 117 Å². The van der Waals surface area contributed by atoms with Crippen LogP contribution in [0.4, 0.5) is 0 Å². The molecule has 0 atom stereocenters. The van der Waals surface area contributed by atoms with Crippen LogP contribution in [0.25, 0.3) is 0 Å². The Morgan fingerprint density at radius 3 is 1.58 bits per heavy atom. The predicted octanol–water partition coefficient (Wildman–Crippen LogP) is 7.62. The molecule has 0 aromatic heterocycles. The van der Waals surface area contributed by atoms with Gasteiger partial charge in [-0.3, -0.25) is 0 Å². The Labute approximate surface area is 190 Å². The first-order chi connectivity index (χ1) is 14.8. The van der Waals surface area contributed by atoms with E-state index in [1.54, 1.807) is 0 Å². The van der Waals surface area contributed by atoms with Crippen molar-refractivity contribution in [1.29, 1.82) is 0 Å². The number of carboxylic acid groups (broad SMARTS) is 1. The average molecular weight is 435 g/mol. The van der Waals surface area contributed by atoms with Crippen molar-refractivity contribution in [3.8, 4) is 0 Å². The third-order valence-electron chi connectivity index (χ3n) is 6.81. The van der Waals surface area contributed by atoms with Gasteiger partial charge < -0.3 is 9.84 Å². The molecule has 0 heterocycles. The third kappa shape index (κ3) is 12.8. The minimum Gasteiger partial charge on any atom is -0.478 e. The Bertz CT molecular complexity index is 562. The highest BCUT2D eigenvalue weighted by Gasteiger charge is 2.18. The highest BCUT2D eigenvalue weighted by molar-refractivity contribution is 5.88. The molecule has 0 radical (unpaired) electrons. The third-order valence-corrected chi connectivity index (χ3v) is 6.81. The van der Waals surface area contributed by atoms with Gasteiger partial charge in [-0.15, -0.1) is 0 Å². The fourth-order valence-corrected chi connectivity index (χ4v) is 4.51. The molecular formula is C27H46O4. The summed E-state index contributed by atoms with van der Waals surface area (Å²) >= 11 is 0. The van der Waals surface area contributed by atoms with Crippen LogP contribution in [-0.4, -0.2) is 23.7 Å². The summed E-state index contributed by atoms with van der Waals surface area (Å²) in [6.45, 7) is 9.35. The molecule has 0 spiro atoms. The van der Waals surface area contributed by atoms with Crippen LogP contribution in [0.3, 0.4) is 0 Å². The molecule has 4 nitrogen and oxygen atoms in total. The fraction of sp³-hybridized carbons (Fsp3) is 0.778. The Kier molecular flexibility index (Phi) is 14.3. The number of rotatable bonds is 6. The molecule has 2 aliphatic rings. The van der Waals surface area contributed by atoms with E-state index in [0.717, 1.165) is 17.9 Å². The second kappa shape index (κ2) is 16.1. The summed E-state index contributed by atoms with van der Waals surface area (Å²) in [7, 11) is 0. The summed E-state index contributed by atoms with van der Waals surface area (Å²) in [6, 6.07) is 0. The summed E-state index contributed by atoms with van der Waals surface area (Å²) in [5, 5.41) is 7.89. The smallest absolute Gasteiger partial charge is 0.333 e. The van der Waals surface area contributed by atoms with Crippen molar-refractivity contribution in [1.82, 2.24) is 0 Å². The van der Waals surface area contributed by atoms with Crippen molar-refractivity contribution in [2.24, 2.45) is 11.8 Å². The number of hydrogen-bond donors (Lipinski definition) is 1. The van der Waals surface area contributed by atoms with E-state index in [-0.39, 0.29) is 11.5 Å². The SMILES string of the molecule is C=C(C)C(=O)O.CC(CC1CCCCCCC1)=C(C)C(=O)OCC1CCCCCCC1. The standard InChI is InChI=1S/C23H40O2.C4H6O2/c1-19(17-21-13-9-5-3-6-10-14-21)20(2)23(24)25-18-22-15-11-7-4-8-12-16-22;1-3(2)4(5)6/h21-22H,3-18H2,1-2H3;1H2,2H3,(H,5,6). The number of esters is 1. The van der Waals surface area contributed by atoms with Gasteiger partial charge in [0.05, 0.1) is 6.61 Å². The van der Waals surface area contributed by atoms with E-state index in [2.05, 4.69) is 13.5 Å². The van der Waals surface area contributed by atoms with Crippen LogP contribution >= 0.6 is 0 Å². The summed E-state index contributed by atoms with van der Waals surface area (Å²) in [5.41, 5.74) is 2.30. The van der Waals surface area contributed by atoms with E-state index in [0.29, 0.717) is 12.5 Å². The van der Waals surface area contributed by atoms with E-state index in [4.69, 9.17) is 9.84 Å². The van der Waals surface area contributed by atoms with Crippen molar-refractivity contribution in [3.63, 3.8) is 0 Å². The summed E-state index contributed by atoms with van der Waals surface area (Å²) < 4.78 is 5.70. The van der Waals surface area contributed by atoms with Crippen molar-refractivity contribution in [2.45, 2.75) is 117 Å². The summed E-state index contributed by atoms with van der Waals surface area (Å²) in [4.78, 5) is 22.1. The molecule has 0 aliphatic heterocycles. The topological polar surface area (TPSA) is 63.6 Å². The highest BCUT2D eigenvalue weighted by atomic mass is 16.5. The number of carbonyl (C=O) groups is 2. The molecule has 0 amide bonds. The van der Waals surface area contributed by atoms with Gasteiger partial charge in [-0.05, 0) is 51.9 Å². The molecule has 0 aromatic carbocycles. The lowest BCUT2D eigenvalue weighted by molar-refractivity contribution is -0.140. The van der Waals surface area contributed by atoms with E-state index in [1.165, 1.54) is 102 Å². The molecule has 2 saturated carbocycles. The summed E-state index contributed by atoms with van der Waals surface area (Å²) in [5.74, 6) is 0.358. The van der Waals surface area contributed by atoms with Gasteiger partial charge in [-0.1, -0.05) is 89.2 Å². The molecule has 0 aromatic rings. The van der Waals surface area contributed by atoms with Crippen LogP contribution < -0.4 is 0 Å². The first kappa shape index (κ1) is 27.5. The molecule has 178 valence electrons. The normalized spacial score (nSPS) is 20.0. The van der Waals surface area contributed by atoms with Crippen LogP contribution in [0.5, 0.6) is 0 Å². The maximum atomic E-state index is 12.5. The molecule has 0 saturated heterocycles. The lowest BCUT2D eigenvalue weighted by Crippen LogP contribution is -2.17. The average Bonchev–Trinajstić information content (AvgIpc) is 2.68. The van der Waals surface area contributed by atoms with E-state index in [9.17, 15) is 9.59 Å². The first-order valence-electron chi connectivity index (χ1n) is 12.5. The predicted molar refractivity (Wildman–Crippen MR) is 128 cm³/mol. The van der Waals surface area contributed by atoms with E-state index >= 15 is 0 Å². The first-order valence-corrected chi connectivity index (χ1v) is 12.5. The number of ether oxygens (including phenoxy) is 1. The number of carbonyl (C=O) groups excluding carboxylic acids is 1. The Balaban J connectivity index is 0.000000703. The largest absolute Gasteiger partial charge is 0.478 e. The molecule has 2 aliphatic carbocycles. The number of hydrogen-bond acceptors (Lipinski definition) is 3. The monoisotopic (exact) mass is 434 g/mol. The van der Waals surface area contributed by atoms with Gasteiger partial charge in [0.25, 0.3) is 0 Å². The molecule has 1 N–H and O–H groups in total. The highest BCUT2D eigenvalue weighted by Crippen LogP contribution is 2.29.